The summed E-state index contributed by atoms with van der Waals surface area (Å²) in [5.41, 5.74) is 6.68. The summed E-state index contributed by atoms with van der Waals surface area (Å²) in [5, 5.41) is 9.37. The van der Waals surface area contributed by atoms with Gasteiger partial charge in [-0.3, -0.25) is 0 Å². The molecule has 1 aliphatic heterocycles. The predicted octanol–water partition coefficient (Wildman–Crippen LogP) is 0.718. The topological polar surface area (TPSA) is 75.3 Å². The van der Waals surface area contributed by atoms with Crippen LogP contribution >= 0.6 is 0 Å². The van der Waals surface area contributed by atoms with Crippen molar-refractivity contribution < 1.29 is 5.11 Å². The first-order valence-corrected chi connectivity index (χ1v) is 5.68. The Bertz CT molecular complexity index is 369. The number of hydrogen-bond donors (Lipinski definition) is 2. The molecule has 1 atom stereocenters. The Kier molecular flexibility index (Phi) is 3.24. The van der Waals surface area contributed by atoms with E-state index < -0.39 is 0 Å². The fourth-order valence-electron chi connectivity index (χ4n) is 2.21. The second-order valence-corrected chi connectivity index (χ2v) is 4.23. The van der Waals surface area contributed by atoms with Crippen LogP contribution < -0.4 is 10.6 Å². The number of anilines is 2. The minimum Gasteiger partial charge on any atom is -0.394 e. The smallest absolute Gasteiger partial charge is 0.137 e. The molecule has 0 radical (unpaired) electrons. The summed E-state index contributed by atoms with van der Waals surface area (Å²) in [4.78, 5) is 10.4. The third-order valence-corrected chi connectivity index (χ3v) is 3.21. The maximum absolute atomic E-state index is 9.37. The molecule has 5 heteroatoms. The third-order valence-electron chi connectivity index (χ3n) is 3.21. The van der Waals surface area contributed by atoms with Crippen LogP contribution in [0.4, 0.5) is 11.6 Å². The predicted molar refractivity (Wildman–Crippen MR) is 63.3 cm³/mol. The van der Waals surface area contributed by atoms with E-state index in [1.54, 1.807) is 0 Å². The summed E-state index contributed by atoms with van der Waals surface area (Å²) in [6, 6.07) is 0.168. The first-order chi connectivity index (χ1) is 7.74. The van der Waals surface area contributed by atoms with Gasteiger partial charge in [-0.2, -0.15) is 0 Å². The lowest BCUT2D eigenvalue weighted by Gasteiger charge is -2.36. The highest BCUT2D eigenvalue weighted by Gasteiger charge is 2.24. The Morgan fingerprint density at radius 2 is 2.31 bits per heavy atom. The number of piperidine rings is 1. The normalized spacial score (nSPS) is 21.1. The zero-order valence-electron chi connectivity index (χ0n) is 9.56. The second-order valence-electron chi connectivity index (χ2n) is 4.23. The molecule has 2 heterocycles. The molecule has 3 N–H and O–H groups in total. The van der Waals surface area contributed by atoms with Crippen molar-refractivity contribution in [2.24, 2.45) is 0 Å². The fraction of sp³-hybridized carbons (Fsp3) is 0.636. The number of nitrogens with two attached hydrogens (primary N) is 1. The summed E-state index contributed by atoms with van der Waals surface area (Å²) in [5.74, 6) is 1.39. The van der Waals surface area contributed by atoms with E-state index in [4.69, 9.17) is 5.73 Å². The maximum atomic E-state index is 9.37. The van der Waals surface area contributed by atoms with Gasteiger partial charge in [0.15, 0.2) is 0 Å². The Labute approximate surface area is 95.3 Å². The lowest BCUT2D eigenvalue weighted by atomic mass is 10.0. The number of aliphatic hydroxyl groups is 1. The van der Waals surface area contributed by atoms with Crippen LogP contribution in [0.1, 0.15) is 24.8 Å². The molecule has 0 bridgehead atoms. The van der Waals surface area contributed by atoms with E-state index in [1.807, 2.05) is 6.92 Å². The van der Waals surface area contributed by atoms with Gasteiger partial charge in [-0.1, -0.05) is 0 Å². The van der Waals surface area contributed by atoms with Gasteiger partial charge in [0.25, 0.3) is 0 Å². The molecule has 1 aliphatic rings. The van der Waals surface area contributed by atoms with Crippen molar-refractivity contribution in [1.29, 1.82) is 0 Å². The van der Waals surface area contributed by atoms with Crippen molar-refractivity contribution in [1.82, 2.24) is 9.97 Å². The van der Waals surface area contributed by atoms with Crippen molar-refractivity contribution in [3.8, 4) is 0 Å². The zero-order valence-corrected chi connectivity index (χ0v) is 9.56. The van der Waals surface area contributed by atoms with Gasteiger partial charge in [-0.15, -0.1) is 0 Å². The highest BCUT2D eigenvalue weighted by molar-refractivity contribution is 5.56. The van der Waals surface area contributed by atoms with E-state index in [0.29, 0.717) is 5.82 Å². The highest BCUT2D eigenvalue weighted by Crippen LogP contribution is 2.26. The van der Waals surface area contributed by atoms with Gasteiger partial charge < -0.3 is 15.7 Å². The van der Waals surface area contributed by atoms with Crippen molar-refractivity contribution >= 4 is 11.6 Å². The van der Waals surface area contributed by atoms with Crippen LogP contribution in [0.2, 0.25) is 0 Å². The average molecular weight is 222 g/mol. The van der Waals surface area contributed by atoms with E-state index in [1.165, 1.54) is 12.7 Å². The van der Waals surface area contributed by atoms with Gasteiger partial charge in [0.1, 0.15) is 18.0 Å². The van der Waals surface area contributed by atoms with E-state index in [9.17, 15) is 5.11 Å². The Morgan fingerprint density at radius 3 is 3.06 bits per heavy atom. The van der Waals surface area contributed by atoms with E-state index >= 15 is 0 Å². The number of nitrogens with zero attached hydrogens (tertiary/aromatic N) is 3. The van der Waals surface area contributed by atoms with Gasteiger partial charge in [0.05, 0.1) is 12.6 Å². The summed E-state index contributed by atoms with van der Waals surface area (Å²) in [6.07, 6.45) is 4.81. The van der Waals surface area contributed by atoms with Crippen LogP contribution in [0, 0.1) is 6.92 Å². The van der Waals surface area contributed by atoms with E-state index in [2.05, 4.69) is 14.9 Å². The molecule has 1 saturated heterocycles. The van der Waals surface area contributed by atoms with Crippen molar-refractivity contribution in [2.75, 3.05) is 23.8 Å². The standard InChI is InChI=1S/C11H18N4O/c1-8-10(12)13-7-14-11(8)15-5-3-2-4-9(15)6-16/h7,9,16H,2-6H2,1H3,(H2,12,13,14). The molecule has 2 rings (SSSR count). The van der Waals surface area contributed by atoms with Crippen LogP contribution in [0.15, 0.2) is 6.33 Å². The lowest BCUT2D eigenvalue weighted by Crippen LogP contribution is -2.42. The van der Waals surface area contributed by atoms with Crippen LogP contribution in [-0.2, 0) is 0 Å². The summed E-state index contributed by atoms with van der Waals surface area (Å²) in [6.45, 7) is 3.03. The van der Waals surface area contributed by atoms with Crippen LogP contribution in [0.5, 0.6) is 0 Å². The SMILES string of the molecule is Cc1c(N)ncnc1N1CCCCC1CO. The summed E-state index contributed by atoms with van der Waals surface area (Å²) < 4.78 is 0. The van der Waals surface area contributed by atoms with Gasteiger partial charge in [0.2, 0.25) is 0 Å². The van der Waals surface area contributed by atoms with Crippen LogP contribution in [0.3, 0.4) is 0 Å². The molecule has 0 spiro atoms. The molecule has 1 unspecified atom stereocenters. The Balaban J connectivity index is 2.30. The van der Waals surface area contributed by atoms with Crippen molar-refractivity contribution in [3.63, 3.8) is 0 Å². The molecule has 1 aromatic rings. The quantitative estimate of drug-likeness (QED) is 0.771. The van der Waals surface area contributed by atoms with Gasteiger partial charge in [-0.25, -0.2) is 9.97 Å². The molecular formula is C11H18N4O. The number of nitrogen functional groups attached to an aromatic ring is 1. The van der Waals surface area contributed by atoms with Crippen LogP contribution in [-0.4, -0.2) is 34.3 Å². The minimum atomic E-state index is 0.168. The molecule has 0 amide bonds. The van der Waals surface area contributed by atoms with Gasteiger partial charge >= 0.3 is 0 Å². The monoisotopic (exact) mass is 222 g/mol. The zero-order chi connectivity index (χ0) is 11.5. The number of aromatic nitrogens is 2. The molecule has 16 heavy (non-hydrogen) atoms. The van der Waals surface area contributed by atoms with Gasteiger partial charge in [-0.05, 0) is 26.2 Å². The molecule has 0 aliphatic carbocycles. The maximum Gasteiger partial charge on any atom is 0.137 e. The molecule has 0 saturated carbocycles. The largest absolute Gasteiger partial charge is 0.394 e. The van der Waals surface area contributed by atoms with E-state index in [-0.39, 0.29) is 12.6 Å². The van der Waals surface area contributed by atoms with Gasteiger partial charge in [0, 0.05) is 12.1 Å². The highest BCUT2D eigenvalue weighted by atomic mass is 16.3. The fourth-order valence-corrected chi connectivity index (χ4v) is 2.21. The first-order valence-electron chi connectivity index (χ1n) is 5.68. The Morgan fingerprint density at radius 1 is 1.50 bits per heavy atom. The molecule has 88 valence electrons. The Hall–Kier alpha value is -1.36. The van der Waals surface area contributed by atoms with Crippen molar-refractivity contribution in [3.05, 3.63) is 11.9 Å². The van der Waals surface area contributed by atoms with E-state index in [0.717, 1.165) is 30.8 Å². The third kappa shape index (κ3) is 1.95. The summed E-state index contributed by atoms with van der Waals surface area (Å²) >= 11 is 0. The molecule has 5 nitrogen and oxygen atoms in total. The molecule has 0 aromatic carbocycles. The molecule has 1 aromatic heterocycles. The molecular weight excluding hydrogens is 204 g/mol. The number of rotatable bonds is 2. The first kappa shape index (κ1) is 11.1. The lowest BCUT2D eigenvalue weighted by molar-refractivity contribution is 0.239. The second kappa shape index (κ2) is 4.65. The summed E-state index contributed by atoms with van der Waals surface area (Å²) in [7, 11) is 0. The number of hydrogen-bond acceptors (Lipinski definition) is 5. The number of aliphatic hydroxyl groups excluding tert-OH is 1. The van der Waals surface area contributed by atoms with Crippen LogP contribution in [0.25, 0.3) is 0 Å². The molecule has 1 fully saturated rings. The van der Waals surface area contributed by atoms with Crippen molar-refractivity contribution in [2.45, 2.75) is 32.2 Å². The average Bonchev–Trinajstić information content (AvgIpc) is 2.33. The minimum absolute atomic E-state index is 0.168.